The Kier molecular flexibility index (Phi) is 4.36. The lowest BCUT2D eigenvalue weighted by atomic mass is 10.0. The first-order chi connectivity index (χ1) is 12.1. The van der Waals surface area contributed by atoms with Crippen molar-refractivity contribution in [2.24, 2.45) is 0 Å². The van der Waals surface area contributed by atoms with Gasteiger partial charge in [0.1, 0.15) is 5.65 Å². The number of hydrogen-bond acceptors (Lipinski definition) is 1. The Bertz CT molecular complexity index is 1050. The third-order valence-electron chi connectivity index (χ3n) is 4.27. The van der Waals surface area contributed by atoms with Crippen LogP contribution in [-0.2, 0) is 6.42 Å². The summed E-state index contributed by atoms with van der Waals surface area (Å²) in [5.74, 6) is 0. The van der Waals surface area contributed by atoms with E-state index in [0.717, 1.165) is 38.5 Å². The van der Waals surface area contributed by atoms with Crippen molar-refractivity contribution in [3.8, 4) is 11.3 Å². The van der Waals surface area contributed by atoms with E-state index >= 15 is 0 Å². The first kappa shape index (κ1) is 16.4. The fraction of sp³-hybridized carbons (Fsp3) is 0.0952. The van der Waals surface area contributed by atoms with E-state index in [2.05, 4.69) is 63.8 Å². The molecule has 2 aromatic heterocycles. The van der Waals surface area contributed by atoms with Crippen molar-refractivity contribution in [3.63, 3.8) is 0 Å². The van der Waals surface area contributed by atoms with Gasteiger partial charge in [-0.05, 0) is 52.7 Å². The average Bonchev–Trinajstić information content (AvgIpc) is 2.93. The van der Waals surface area contributed by atoms with Crippen LogP contribution >= 0.6 is 27.5 Å². The van der Waals surface area contributed by atoms with E-state index in [-0.39, 0.29) is 0 Å². The van der Waals surface area contributed by atoms with Crippen molar-refractivity contribution < 1.29 is 0 Å². The van der Waals surface area contributed by atoms with Crippen molar-refractivity contribution in [2.75, 3.05) is 0 Å². The normalized spacial score (nSPS) is 11.2. The number of halogens is 2. The van der Waals surface area contributed by atoms with Gasteiger partial charge in [0.2, 0.25) is 0 Å². The van der Waals surface area contributed by atoms with Gasteiger partial charge in [-0.2, -0.15) is 0 Å². The number of hydrogen-bond donors (Lipinski definition) is 0. The predicted molar refractivity (Wildman–Crippen MR) is 107 cm³/mol. The molecular weight excluding hydrogens is 396 g/mol. The van der Waals surface area contributed by atoms with Crippen LogP contribution in [0.25, 0.3) is 16.9 Å². The molecule has 0 atom stereocenters. The minimum Gasteiger partial charge on any atom is -0.302 e. The van der Waals surface area contributed by atoms with E-state index in [1.165, 1.54) is 11.1 Å². The van der Waals surface area contributed by atoms with Gasteiger partial charge in [0.05, 0.1) is 11.4 Å². The fourth-order valence-electron chi connectivity index (χ4n) is 3.02. The molecule has 0 saturated heterocycles. The van der Waals surface area contributed by atoms with Gasteiger partial charge < -0.3 is 4.40 Å². The third kappa shape index (κ3) is 3.35. The standard InChI is InChI=1S/C21H16BrClN2/c1-14-5-7-16(8-6-14)21-19(12-15-3-2-4-18(23)11-15)25-13-17(22)9-10-20(25)24-21/h2-11,13H,12H2,1H3. The van der Waals surface area contributed by atoms with E-state index in [1.807, 2.05) is 30.3 Å². The fourth-order valence-corrected chi connectivity index (χ4v) is 3.57. The molecule has 4 rings (SSSR count). The molecule has 0 radical (unpaired) electrons. The summed E-state index contributed by atoms with van der Waals surface area (Å²) in [5, 5.41) is 0.754. The Morgan fingerprint density at radius 2 is 1.84 bits per heavy atom. The summed E-state index contributed by atoms with van der Waals surface area (Å²) in [7, 11) is 0. The Morgan fingerprint density at radius 1 is 1.04 bits per heavy atom. The van der Waals surface area contributed by atoms with Crippen LogP contribution in [0.4, 0.5) is 0 Å². The molecule has 25 heavy (non-hydrogen) atoms. The van der Waals surface area contributed by atoms with Crippen molar-refractivity contribution in [1.82, 2.24) is 9.38 Å². The highest BCUT2D eigenvalue weighted by molar-refractivity contribution is 9.10. The highest BCUT2D eigenvalue weighted by Gasteiger charge is 2.15. The molecular formula is C21H16BrClN2. The average molecular weight is 412 g/mol. The highest BCUT2D eigenvalue weighted by Crippen LogP contribution is 2.28. The minimum atomic E-state index is 0.754. The number of nitrogens with zero attached hydrogens (tertiary/aromatic N) is 2. The van der Waals surface area contributed by atoms with Gasteiger partial charge in [0.15, 0.2) is 0 Å². The lowest BCUT2D eigenvalue weighted by molar-refractivity contribution is 1.02. The minimum absolute atomic E-state index is 0.754. The molecule has 0 N–H and O–H groups in total. The van der Waals surface area contributed by atoms with E-state index in [1.54, 1.807) is 0 Å². The second-order valence-electron chi connectivity index (χ2n) is 6.16. The van der Waals surface area contributed by atoms with E-state index in [4.69, 9.17) is 16.6 Å². The van der Waals surface area contributed by atoms with Gasteiger partial charge in [-0.25, -0.2) is 4.98 Å². The zero-order valence-electron chi connectivity index (χ0n) is 13.7. The first-order valence-electron chi connectivity index (χ1n) is 8.08. The van der Waals surface area contributed by atoms with Crippen LogP contribution in [0, 0.1) is 6.92 Å². The molecule has 2 nitrogen and oxygen atoms in total. The summed E-state index contributed by atoms with van der Waals surface area (Å²) >= 11 is 9.74. The lowest BCUT2D eigenvalue weighted by Gasteiger charge is -2.07. The molecule has 4 heteroatoms. The zero-order chi connectivity index (χ0) is 17.4. The topological polar surface area (TPSA) is 17.3 Å². The van der Waals surface area contributed by atoms with E-state index in [0.29, 0.717) is 0 Å². The van der Waals surface area contributed by atoms with Crippen LogP contribution in [0.1, 0.15) is 16.8 Å². The summed E-state index contributed by atoms with van der Waals surface area (Å²) in [4.78, 5) is 4.88. The monoisotopic (exact) mass is 410 g/mol. The van der Waals surface area contributed by atoms with Crippen molar-refractivity contribution in [1.29, 1.82) is 0 Å². The lowest BCUT2D eigenvalue weighted by Crippen LogP contribution is -1.97. The van der Waals surface area contributed by atoms with E-state index < -0.39 is 0 Å². The van der Waals surface area contributed by atoms with Crippen LogP contribution in [0.2, 0.25) is 5.02 Å². The second-order valence-corrected chi connectivity index (χ2v) is 7.51. The molecule has 0 fully saturated rings. The number of pyridine rings is 1. The quantitative estimate of drug-likeness (QED) is 0.386. The summed E-state index contributed by atoms with van der Waals surface area (Å²) in [6.45, 7) is 2.09. The molecule has 0 aliphatic rings. The number of imidazole rings is 1. The Morgan fingerprint density at radius 3 is 2.60 bits per heavy atom. The van der Waals surface area contributed by atoms with Crippen LogP contribution in [-0.4, -0.2) is 9.38 Å². The largest absolute Gasteiger partial charge is 0.302 e. The Hall–Kier alpha value is -2.10. The number of aromatic nitrogens is 2. The van der Waals surface area contributed by atoms with Crippen molar-refractivity contribution in [3.05, 3.63) is 93.2 Å². The maximum absolute atomic E-state index is 6.17. The van der Waals surface area contributed by atoms with Crippen LogP contribution in [0.5, 0.6) is 0 Å². The van der Waals surface area contributed by atoms with Crippen LogP contribution in [0.15, 0.2) is 71.3 Å². The SMILES string of the molecule is Cc1ccc(-c2nc3ccc(Br)cn3c2Cc2cccc(Cl)c2)cc1. The van der Waals surface area contributed by atoms with Gasteiger partial charge in [-0.15, -0.1) is 0 Å². The maximum Gasteiger partial charge on any atom is 0.137 e. The molecule has 0 aliphatic heterocycles. The molecule has 0 bridgehead atoms. The molecule has 0 saturated carbocycles. The van der Waals surface area contributed by atoms with E-state index in [9.17, 15) is 0 Å². The molecule has 0 spiro atoms. The number of rotatable bonds is 3. The molecule has 0 amide bonds. The Balaban J connectivity index is 1.91. The van der Waals surface area contributed by atoms with Gasteiger partial charge >= 0.3 is 0 Å². The maximum atomic E-state index is 6.17. The smallest absolute Gasteiger partial charge is 0.137 e. The van der Waals surface area contributed by atoms with Gasteiger partial charge in [0.25, 0.3) is 0 Å². The van der Waals surface area contributed by atoms with Gasteiger partial charge in [0, 0.05) is 27.7 Å². The molecule has 124 valence electrons. The predicted octanol–water partition coefficient (Wildman–Crippen LogP) is 6.32. The van der Waals surface area contributed by atoms with Gasteiger partial charge in [-0.3, -0.25) is 0 Å². The summed E-state index contributed by atoms with van der Waals surface area (Å²) < 4.78 is 3.18. The summed E-state index contributed by atoms with van der Waals surface area (Å²) in [5.41, 5.74) is 6.65. The highest BCUT2D eigenvalue weighted by atomic mass is 79.9. The number of benzene rings is 2. The van der Waals surface area contributed by atoms with Crippen molar-refractivity contribution in [2.45, 2.75) is 13.3 Å². The first-order valence-corrected chi connectivity index (χ1v) is 9.25. The van der Waals surface area contributed by atoms with Crippen molar-refractivity contribution >= 4 is 33.2 Å². The zero-order valence-corrected chi connectivity index (χ0v) is 16.1. The number of fused-ring (bicyclic) bond motifs is 1. The molecule has 0 aliphatic carbocycles. The summed E-state index contributed by atoms with van der Waals surface area (Å²) in [6, 6.07) is 20.6. The third-order valence-corrected chi connectivity index (χ3v) is 4.97. The number of aryl methyl sites for hydroxylation is 1. The molecule has 4 aromatic rings. The van der Waals surface area contributed by atoms with Crippen LogP contribution in [0.3, 0.4) is 0 Å². The molecule has 2 aromatic carbocycles. The van der Waals surface area contributed by atoms with Crippen LogP contribution < -0.4 is 0 Å². The second kappa shape index (κ2) is 6.66. The molecule has 2 heterocycles. The molecule has 0 unspecified atom stereocenters. The summed E-state index contributed by atoms with van der Waals surface area (Å²) in [6.07, 6.45) is 2.83. The van der Waals surface area contributed by atoms with Gasteiger partial charge in [-0.1, -0.05) is 53.6 Å². The Labute approximate surface area is 160 Å².